The molecule has 0 bridgehead atoms. The van der Waals surface area contributed by atoms with Gasteiger partial charge in [-0.2, -0.15) is 0 Å². The Balaban J connectivity index is 1.20. The maximum absolute atomic E-state index is 11.7. The Morgan fingerprint density at radius 3 is 1.15 bits per heavy atom. The minimum atomic E-state index is -1.60. The van der Waals surface area contributed by atoms with Crippen molar-refractivity contribution in [2.75, 3.05) is 9.80 Å². The number of hydrogen-bond donors (Lipinski definition) is 0. The highest BCUT2D eigenvalue weighted by Crippen LogP contribution is 2.54. The third kappa shape index (κ3) is 9.48. The van der Waals surface area contributed by atoms with Crippen molar-refractivity contribution in [3.8, 4) is 44.8 Å². The molecule has 14 aromatic rings. The normalized spacial score (nSPS) is 16.6. The molecule has 4 nitrogen and oxygen atoms in total. The van der Waals surface area contributed by atoms with Gasteiger partial charge in [0.25, 0.3) is 6.71 Å². The summed E-state index contributed by atoms with van der Waals surface area (Å²) in [4.78, 5) is 3.73. The van der Waals surface area contributed by atoms with Crippen molar-refractivity contribution >= 4 is 101 Å². The largest absolute Gasteiger partial charge is 0.311 e. The first-order chi connectivity index (χ1) is 53.9. The zero-order valence-corrected chi connectivity index (χ0v) is 54.0. The number of fused-ring (bicyclic) bond motifs is 10. The number of benzene rings is 12. The van der Waals surface area contributed by atoms with Crippen LogP contribution in [0.25, 0.3) is 88.4 Å². The van der Waals surface area contributed by atoms with E-state index in [1.807, 2.05) is 122 Å². The molecule has 2 aromatic heterocycles. The number of anilines is 6. The van der Waals surface area contributed by atoms with E-state index in [1.165, 1.54) is 0 Å². The van der Waals surface area contributed by atoms with Gasteiger partial charge in [0, 0.05) is 72.4 Å². The number of hydrogen-bond acceptors (Lipinski definition) is 2. The summed E-state index contributed by atoms with van der Waals surface area (Å²) in [5.41, 5.74) is 3.67. The van der Waals surface area contributed by atoms with Crippen LogP contribution in [0.15, 0.2) is 260 Å². The summed E-state index contributed by atoms with van der Waals surface area (Å²) in [6.07, 6.45) is 0. The average molecular weight is 1230 g/mol. The van der Waals surface area contributed by atoms with Gasteiger partial charge in [0.15, 0.2) is 0 Å². The van der Waals surface area contributed by atoms with Crippen LogP contribution in [0.3, 0.4) is 0 Å². The fraction of sp³-hybridized carbons (Fsp3) is 0.182. The molecule has 16 rings (SSSR count). The second-order valence-corrected chi connectivity index (χ2v) is 28.5. The van der Waals surface area contributed by atoms with Crippen molar-refractivity contribution in [2.45, 2.75) is 105 Å². The van der Waals surface area contributed by atoms with Gasteiger partial charge in [-0.05, 0) is 156 Å². The fourth-order valence-corrected chi connectivity index (χ4v) is 13.5. The molecule has 93 heavy (non-hydrogen) atoms. The van der Waals surface area contributed by atoms with E-state index < -0.39 is 195 Å². The molecule has 0 N–H and O–H groups in total. The van der Waals surface area contributed by atoms with Crippen LogP contribution in [0.5, 0.6) is 0 Å². The van der Waals surface area contributed by atoms with Crippen LogP contribution in [0, 0.1) is 0 Å². The van der Waals surface area contributed by atoms with Crippen molar-refractivity contribution in [1.29, 1.82) is 0 Å². The molecule has 2 aliphatic heterocycles. The van der Waals surface area contributed by atoms with Crippen molar-refractivity contribution in [3.63, 3.8) is 0 Å². The molecular formula is C88H79BN4. The zero-order valence-electron chi connectivity index (χ0n) is 76.0. The molecule has 0 fully saturated rings. The van der Waals surface area contributed by atoms with E-state index >= 15 is 0 Å². The smallest absolute Gasteiger partial charge is 0.252 e. The molecule has 0 unspecified atom stereocenters. The maximum Gasteiger partial charge on any atom is 0.252 e. The summed E-state index contributed by atoms with van der Waals surface area (Å²) >= 11 is 0. The molecule has 0 amide bonds. The van der Waals surface area contributed by atoms with Crippen molar-refractivity contribution in [1.82, 2.24) is 9.13 Å². The van der Waals surface area contributed by atoms with E-state index in [1.54, 1.807) is 0 Å². The first-order valence-electron chi connectivity index (χ1n) is 42.5. The van der Waals surface area contributed by atoms with Gasteiger partial charge in [0.05, 0.1) is 63.6 Å². The average Bonchev–Trinajstić information content (AvgIpc) is 1.54. The number of nitrogens with zero attached hydrogens (tertiary/aromatic N) is 4. The Labute approximate surface area is 580 Å². The van der Waals surface area contributed by atoms with E-state index in [-0.39, 0.29) is 43.8 Å². The lowest BCUT2D eigenvalue weighted by Gasteiger charge is -2.46. The zero-order chi connectivity index (χ0) is 83.2. The second kappa shape index (κ2) is 21.2. The Hall–Kier alpha value is -10.1. The standard InChI is InChI=1S/C88H79BN4/c1-85(2,3)59-32-26-30-57(48-59)70-50-61(87(7,8)9)51-71(58-31-27-33-60(49-58)86(4,5)6)84(70)93-80-55-64(91-77-42-24-19-37-68(77)69-38-20-25-43-78(69)91)45-47-73(80)89-72-46-44-63(90-75-40-22-17-35-66(75)67-36-18-23-41-76(67)90)54-79(72)92(81-52-62(88(10,11)12)53-82(93)83(81)89)74-39-21-16-34-65(74)56-28-14-13-15-29-56/h13-55H,1-12H3/i17D,18D,19D,20D,22D,23D,24D,25D,35D,36D,37D,38D,40D,41D,42D,43D,44D,45D,46D,47D,54D,55D. The van der Waals surface area contributed by atoms with Crippen molar-refractivity contribution in [3.05, 3.63) is 283 Å². The molecule has 4 heterocycles. The molecule has 0 saturated heterocycles. The van der Waals surface area contributed by atoms with Gasteiger partial charge < -0.3 is 18.9 Å². The van der Waals surface area contributed by atoms with E-state index in [4.69, 9.17) is 5.48 Å². The van der Waals surface area contributed by atoms with Crippen molar-refractivity contribution < 1.29 is 30.2 Å². The number of rotatable bonds is 7. The number of aromatic nitrogens is 2. The molecule has 0 radical (unpaired) electrons. The first-order valence-corrected chi connectivity index (χ1v) is 31.5. The summed E-state index contributed by atoms with van der Waals surface area (Å²) in [5.74, 6) is 0. The third-order valence-corrected chi connectivity index (χ3v) is 18.4. The summed E-state index contributed by atoms with van der Waals surface area (Å²) in [7, 11) is 0. The number of para-hydroxylation sites is 5. The Kier molecular flexibility index (Phi) is 8.83. The quantitative estimate of drug-likeness (QED) is 0.148. The highest BCUT2D eigenvalue weighted by Gasteiger charge is 2.46. The topological polar surface area (TPSA) is 16.3 Å². The molecule has 454 valence electrons. The fourth-order valence-electron chi connectivity index (χ4n) is 13.5. The maximum atomic E-state index is 11.7. The summed E-state index contributed by atoms with van der Waals surface area (Å²) in [5, 5.41) is -1.37. The van der Waals surface area contributed by atoms with Crippen LogP contribution in [0.1, 0.15) is 135 Å². The van der Waals surface area contributed by atoms with Gasteiger partial charge in [0.1, 0.15) is 0 Å². The minimum absolute atomic E-state index is 0.135. The molecule has 0 saturated carbocycles. The van der Waals surface area contributed by atoms with Crippen LogP contribution in [0.4, 0.5) is 34.1 Å². The highest BCUT2D eigenvalue weighted by molar-refractivity contribution is 7.00. The molecule has 0 spiro atoms. The molecule has 12 aromatic carbocycles. The van der Waals surface area contributed by atoms with Crippen LogP contribution >= 0.6 is 0 Å². The lowest BCUT2D eigenvalue weighted by atomic mass is 9.33. The van der Waals surface area contributed by atoms with Crippen LogP contribution < -0.4 is 26.2 Å². The molecule has 0 atom stereocenters. The molecule has 5 heteroatoms. The van der Waals surface area contributed by atoms with Crippen molar-refractivity contribution in [2.24, 2.45) is 0 Å². The predicted octanol–water partition coefficient (Wildman–Crippen LogP) is 22.2. The summed E-state index contributed by atoms with van der Waals surface area (Å²) < 4.78 is 220. The Bertz CT molecular complexity index is 6460. The van der Waals surface area contributed by atoms with Crippen LogP contribution in [0.2, 0.25) is 0 Å². The molecule has 2 aliphatic rings. The first kappa shape index (κ1) is 38.7. The Morgan fingerprint density at radius 1 is 0.312 bits per heavy atom. The summed E-state index contributed by atoms with van der Waals surface area (Å²) in [6, 6.07) is 25.9. The van der Waals surface area contributed by atoms with Crippen LogP contribution in [-0.4, -0.2) is 15.8 Å². The minimum Gasteiger partial charge on any atom is -0.311 e. The van der Waals surface area contributed by atoms with Gasteiger partial charge in [-0.25, -0.2) is 0 Å². The third-order valence-electron chi connectivity index (χ3n) is 18.4. The van der Waals surface area contributed by atoms with Gasteiger partial charge in [-0.3, -0.25) is 0 Å². The van der Waals surface area contributed by atoms with E-state index in [2.05, 4.69) is 98.7 Å². The molecular weight excluding hydrogens is 1120 g/mol. The van der Waals surface area contributed by atoms with Gasteiger partial charge in [-0.15, -0.1) is 0 Å². The van der Waals surface area contributed by atoms with Crippen LogP contribution in [-0.2, 0) is 21.7 Å². The second-order valence-electron chi connectivity index (χ2n) is 28.5. The summed E-state index contributed by atoms with van der Waals surface area (Å²) in [6.45, 7) is 23.5. The van der Waals surface area contributed by atoms with Gasteiger partial charge in [0.2, 0.25) is 0 Å². The van der Waals surface area contributed by atoms with Gasteiger partial charge in [-0.1, -0.05) is 265 Å². The predicted molar refractivity (Wildman–Crippen MR) is 400 cm³/mol. The SMILES string of the molecule is [2H]c1c([2H])c(-n2c3c([2H])c([2H])c([2H])c([2H])c3c3c([2H])c([2H])c([2H])c([2H])c32)c([2H])c2c1B1c3c(cc(C(C)(C)C)cc3N(c3c(-c4cccc(C(C)(C)C)c4)cc(C(C)(C)C)cc3-c3cccc(C(C)(C)C)c3)c3c([2H])c(-n4c5c([2H])c([2H])c([2H])c([2H])c5c5c([2H])c([2H])c([2H])c([2H])c54)c([2H])c([2H])c31)N2c1ccccc1-c1ccccc1. The monoisotopic (exact) mass is 1220 g/mol. The van der Waals surface area contributed by atoms with E-state index in [0.717, 1.165) is 37.0 Å². The van der Waals surface area contributed by atoms with E-state index in [0.29, 0.717) is 56.0 Å². The van der Waals surface area contributed by atoms with Gasteiger partial charge >= 0.3 is 0 Å². The highest BCUT2D eigenvalue weighted by atomic mass is 15.2. The lowest BCUT2D eigenvalue weighted by molar-refractivity contribution is 0.589. The molecule has 0 aliphatic carbocycles. The Morgan fingerprint density at radius 2 is 0.699 bits per heavy atom. The van der Waals surface area contributed by atoms with E-state index in [9.17, 15) is 24.7 Å². The lowest BCUT2D eigenvalue weighted by Crippen LogP contribution is -2.61.